The van der Waals surface area contributed by atoms with Gasteiger partial charge in [-0.3, -0.25) is 0 Å². The van der Waals surface area contributed by atoms with Gasteiger partial charge in [0.25, 0.3) is 0 Å². The maximum Gasteiger partial charge on any atom is 0.401 e. The van der Waals surface area contributed by atoms with E-state index in [1.807, 2.05) is 0 Å². The summed E-state index contributed by atoms with van der Waals surface area (Å²) < 4.78 is 50.0. The lowest BCUT2D eigenvalue weighted by Crippen LogP contribution is -2.43. The molecule has 0 bridgehead atoms. The Morgan fingerprint density at radius 1 is 1.07 bits per heavy atom. The average Bonchev–Trinajstić information content (AvgIpc) is 2.66. The van der Waals surface area contributed by atoms with Crippen LogP contribution in [0.15, 0.2) is 65.8 Å². The van der Waals surface area contributed by atoms with E-state index in [4.69, 9.17) is 15.0 Å². The molecule has 2 aromatic carbocycles. The third-order valence-electron chi connectivity index (χ3n) is 3.53. The van der Waals surface area contributed by atoms with Crippen LogP contribution in [0.3, 0.4) is 0 Å². The first-order valence-electron chi connectivity index (χ1n) is 7.90. The topological polar surface area (TPSA) is 84.3 Å². The molecule has 0 aliphatic heterocycles. The average molecular weight is 379 g/mol. The highest BCUT2D eigenvalue weighted by Crippen LogP contribution is 2.28. The molecule has 0 saturated heterocycles. The first-order valence-corrected chi connectivity index (χ1v) is 7.90. The fraction of sp³-hybridized carbons (Fsp3) is 0.278. The normalized spacial score (nSPS) is 13.3. The zero-order chi connectivity index (χ0) is 19.7. The zero-order valence-electron chi connectivity index (χ0n) is 14.0. The van der Waals surface area contributed by atoms with Crippen LogP contribution < -0.4 is 0 Å². The molecule has 0 saturated carbocycles. The van der Waals surface area contributed by atoms with Crippen molar-refractivity contribution in [2.75, 3.05) is 6.61 Å². The van der Waals surface area contributed by atoms with Crippen LogP contribution in [0.1, 0.15) is 15.9 Å². The van der Waals surface area contributed by atoms with Gasteiger partial charge in [-0.2, -0.15) is 13.2 Å². The summed E-state index contributed by atoms with van der Waals surface area (Å²) in [4.78, 5) is 14.4. The van der Waals surface area contributed by atoms with Crippen molar-refractivity contribution >= 4 is 5.97 Å². The molecule has 6 nitrogen and oxygen atoms in total. The van der Waals surface area contributed by atoms with Gasteiger partial charge in [0.1, 0.15) is 6.10 Å². The number of benzene rings is 2. The second-order valence-corrected chi connectivity index (χ2v) is 5.50. The van der Waals surface area contributed by atoms with Gasteiger partial charge in [0.2, 0.25) is 0 Å². The molecular formula is C18H16F3N3O3. The summed E-state index contributed by atoms with van der Waals surface area (Å²) in [6, 6.07) is 13.8. The van der Waals surface area contributed by atoms with Crippen molar-refractivity contribution in [1.82, 2.24) is 0 Å². The number of azide groups is 1. The molecule has 0 aromatic heterocycles. The Hall–Kier alpha value is -3.03. The molecule has 2 atom stereocenters. The highest BCUT2D eigenvalue weighted by Gasteiger charge is 2.46. The van der Waals surface area contributed by atoms with E-state index in [2.05, 4.69) is 10.0 Å². The van der Waals surface area contributed by atoms with E-state index in [-0.39, 0.29) is 12.2 Å². The molecule has 0 aliphatic rings. The van der Waals surface area contributed by atoms with Crippen LogP contribution in [-0.4, -0.2) is 30.9 Å². The van der Waals surface area contributed by atoms with Gasteiger partial charge in [-0.15, -0.1) is 0 Å². The second-order valence-electron chi connectivity index (χ2n) is 5.50. The number of nitrogens with zero attached hydrogens (tertiary/aromatic N) is 3. The van der Waals surface area contributed by atoms with Crippen LogP contribution in [-0.2, 0) is 16.1 Å². The molecule has 0 aliphatic carbocycles. The molecule has 0 N–H and O–H groups in total. The summed E-state index contributed by atoms with van der Waals surface area (Å²) in [5.41, 5.74) is 9.29. The summed E-state index contributed by atoms with van der Waals surface area (Å²) in [6.45, 7) is -0.572. The minimum atomic E-state index is -4.90. The van der Waals surface area contributed by atoms with E-state index in [1.165, 1.54) is 12.1 Å². The van der Waals surface area contributed by atoms with Crippen LogP contribution in [0, 0.1) is 0 Å². The molecule has 142 valence electrons. The lowest BCUT2D eigenvalue weighted by atomic mass is 10.1. The molecular weight excluding hydrogens is 363 g/mol. The number of ether oxygens (including phenoxy) is 2. The molecule has 0 radical (unpaired) electrons. The third-order valence-corrected chi connectivity index (χ3v) is 3.53. The maximum atomic E-state index is 13.2. The fourth-order valence-corrected chi connectivity index (χ4v) is 2.24. The SMILES string of the molecule is [N-]=[N+]=N[C@@H]([C@@H](COCc1ccccc1)OC(=O)c1ccccc1)C(F)(F)F. The van der Waals surface area contributed by atoms with E-state index < -0.39 is 30.9 Å². The number of carbonyl (C=O) groups is 1. The largest absolute Gasteiger partial charge is 0.456 e. The quantitative estimate of drug-likeness (QED) is 0.289. The van der Waals surface area contributed by atoms with Crippen molar-refractivity contribution in [2.45, 2.75) is 24.9 Å². The lowest BCUT2D eigenvalue weighted by molar-refractivity contribution is -0.175. The van der Waals surface area contributed by atoms with Crippen LogP contribution >= 0.6 is 0 Å². The van der Waals surface area contributed by atoms with E-state index in [0.717, 1.165) is 5.56 Å². The summed E-state index contributed by atoms with van der Waals surface area (Å²) in [5.74, 6) is -0.966. The van der Waals surface area contributed by atoms with E-state index >= 15 is 0 Å². The van der Waals surface area contributed by atoms with Crippen LogP contribution in [0.2, 0.25) is 0 Å². The molecule has 0 spiro atoms. The van der Waals surface area contributed by atoms with Gasteiger partial charge >= 0.3 is 12.1 Å². The Morgan fingerprint density at radius 3 is 2.22 bits per heavy atom. The smallest absolute Gasteiger partial charge is 0.401 e. The molecule has 0 amide bonds. The highest BCUT2D eigenvalue weighted by molar-refractivity contribution is 5.89. The summed E-state index contributed by atoms with van der Waals surface area (Å²) in [5, 5.41) is 2.77. The Balaban J connectivity index is 2.13. The minimum absolute atomic E-state index is 0.0150. The van der Waals surface area contributed by atoms with Crippen molar-refractivity contribution in [2.24, 2.45) is 5.11 Å². The molecule has 27 heavy (non-hydrogen) atoms. The number of esters is 1. The maximum absolute atomic E-state index is 13.2. The number of carbonyl (C=O) groups excluding carboxylic acids is 1. The number of halogens is 3. The number of hydrogen-bond donors (Lipinski definition) is 0. The Kier molecular flexibility index (Phi) is 7.22. The van der Waals surface area contributed by atoms with Gasteiger partial charge in [-0.25, -0.2) is 4.79 Å². The monoisotopic (exact) mass is 379 g/mol. The van der Waals surface area contributed by atoms with Gasteiger partial charge in [0.15, 0.2) is 6.04 Å². The van der Waals surface area contributed by atoms with Gasteiger partial charge in [-0.1, -0.05) is 53.6 Å². The summed E-state index contributed by atoms with van der Waals surface area (Å²) in [6.07, 6.45) is -6.72. The van der Waals surface area contributed by atoms with Crippen molar-refractivity contribution in [3.8, 4) is 0 Å². The van der Waals surface area contributed by atoms with Crippen LogP contribution in [0.25, 0.3) is 10.4 Å². The van der Waals surface area contributed by atoms with Gasteiger partial charge in [0.05, 0.1) is 18.8 Å². The number of rotatable bonds is 8. The van der Waals surface area contributed by atoms with Crippen molar-refractivity contribution in [1.29, 1.82) is 0 Å². The summed E-state index contributed by atoms with van der Waals surface area (Å²) in [7, 11) is 0. The molecule has 0 fully saturated rings. The minimum Gasteiger partial charge on any atom is -0.456 e. The Labute approximate surface area is 153 Å². The zero-order valence-corrected chi connectivity index (χ0v) is 14.0. The molecule has 2 rings (SSSR count). The van der Waals surface area contributed by atoms with Crippen molar-refractivity contribution < 1.29 is 27.4 Å². The number of alkyl halides is 3. The fourth-order valence-electron chi connectivity index (χ4n) is 2.24. The van der Waals surface area contributed by atoms with Gasteiger partial charge < -0.3 is 9.47 Å². The molecule has 0 heterocycles. The van der Waals surface area contributed by atoms with E-state index in [0.29, 0.717) is 0 Å². The summed E-state index contributed by atoms with van der Waals surface area (Å²) >= 11 is 0. The first kappa shape index (κ1) is 20.3. The van der Waals surface area contributed by atoms with Crippen LogP contribution in [0.4, 0.5) is 13.2 Å². The predicted molar refractivity (Wildman–Crippen MR) is 90.7 cm³/mol. The lowest BCUT2D eigenvalue weighted by Gasteiger charge is -2.25. The number of hydrogen-bond acceptors (Lipinski definition) is 4. The predicted octanol–water partition coefficient (Wildman–Crippen LogP) is 4.67. The standard InChI is InChI=1S/C18H16F3N3O3/c19-18(20,21)16(23-24-22)15(12-26-11-13-7-3-1-4-8-13)27-17(25)14-9-5-2-6-10-14/h1-10,15-16H,11-12H2/t15-,16+/m1/s1. The van der Waals surface area contributed by atoms with E-state index in [1.54, 1.807) is 48.5 Å². The van der Waals surface area contributed by atoms with Crippen molar-refractivity contribution in [3.63, 3.8) is 0 Å². The second kappa shape index (κ2) is 9.61. The Bertz CT molecular complexity index is 779. The highest BCUT2D eigenvalue weighted by atomic mass is 19.4. The molecule has 9 heteroatoms. The van der Waals surface area contributed by atoms with Crippen LogP contribution in [0.5, 0.6) is 0 Å². The van der Waals surface area contributed by atoms with Gasteiger partial charge in [-0.05, 0) is 23.2 Å². The Morgan fingerprint density at radius 2 is 1.67 bits per heavy atom. The third kappa shape index (κ3) is 6.32. The van der Waals surface area contributed by atoms with Crippen molar-refractivity contribution in [3.05, 3.63) is 82.2 Å². The molecule has 2 aromatic rings. The van der Waals surface area contributed by atoms with E-state index in [9.17, 15) is 18.0 Å². The van der Waals surface area contributed by atoms with Gasteiger partial charge in [0, 0.05) is 4.91 Å². The molecule has 0 unspecified atom stereocenters. The first-order chi connectivity index (χ1) is 12.9.